The third kappa shape index (κ3) is 4.70. The predicted molar refractivity (Wildman–Crippen MR) is 207 cm³/mol. The molecule has 232 valence electrons. The standard InChI is InChI=1S/C48H35N/c1-48(37-20-6-3-7-21-37)43-26-12-10-24-42(43)47-41(25-15-27-44(47)48)40-23-11-13-28-46(40)49(45-29-14-19-36-18-8-9-22-39(36)45)38-32-30-35(31-33-38)34-16-4-2-5-17-34/h2-33H,1H3. The van der Waals surface area contributed by atoms with Gasteiger partial charge < -0.3 is 4.90 Å². The fraction of sp³-hybridized carbons (Fsp3) is 0.0417. The molecule has 0 amide bonds. The first kappa shape index (κ1) is 29.0. The summed E-state index contributed by atoms with van der Waals surface area (Å²) in [7, 11) is 0. The van der Waals surface area contributed by atoms with Crippen molar-refractivity contribution in [2.45, 2.75) is 12.3 Å². The Bertz CT molecular complexity index is 2440. The van der Waals surface area contributed by atoms with Crippen LogP contribution in [0, 0.1) is 0 Å². The minimum absolute atomic E-state index is 0.263. The molecule has 0 saturated heterocycles. The summed E-state index contributed by atoms with van der Waals surface area (Å²) in [5.41, 5.74) is 14.6. The van der Waals surface area contributed by atoms with Gasteiger partial charge in [-0.2, -0.15) is 0 Å². The van der Waals surface area contributed by atoms with E-state index >= 15 is 0 Å². The van der Waals surface area contributed by atoms with Crippen molar-refractivity contribution in [3.05, 3.63) is 211 Å². The van der Waals surface area contributed by atoms with Crippen LogP contribution in [0.1, 0.15) is 23.6 Å². The largest absolute Gasteiger partial charge is 0.309 e. The zero-order valence-electron chi connectivity index (χ0n) is 27.4. The molecular weight excluding hydrogens is 591 g/mol. The maximum atomic E-state index is 2.45. The van der Waals surface area contributed by atoms with Gasteiger partial charge >= 0.3 is 0 Å². The molecule has 1 unspecified atom stereocenters. The van der Waals surface area contributed by atoms with Crippen LogP contribution in [-0.4, -0.2) is 0 Å². The number of hydrogen-bond acceptors (Lipinski definition) is 1. The number of nitrogens with zero attached hydrogens (tertiary/aromatic N) is 1. The highest BCUT2D eigenvalue weighted by molar-refractivity contribution is 6.03. The Morgan fingerprint density at radius 3 is 1.76 bits per heavy atom. The van der Waals surface area contributed by atoms with Crippen LogP contribution in [-0.2, 0) is 5.41 Å². The van der Waals surface area contributed by atoms with Crippen molar-refractivity contribution < 1.29 is 0 Å². The van der Waals surface area contributed by atoms with Crippen LogP contribution in [0.2, 0.25) is 0 Å². The van der Waals surface area contributed by atoms with Crippen LogP contribution >= 0.6 is 0 Å². The summed E-state index contributed by atoms with van der Waals surface area (Å²) in [5.74, 6) is 0. The molecule has 1 nitrogen and oxygen atoms in total. The molecule has 0 aliphatic heterocycles. The first-order chi connectivity index (χ1) is 24.2. The van der Waals surface area contributed by atoms with Crippen molar-refractivity contribution in [1.82, 2.24) is 0 Å². The molecule has 8 aromatic carbocycles. The first-order valence-electron chi connectivity index (χ1n) is 17.0. The molecule has 0 radical (unpaired) electrons. The van der Waals surface area contributed by atoms with Gasteiger partial charge in [0.25, 0.3) is 0 Å². The van der Waals surface area contributed by atoms with E-state index in [4.69, 9.17) is 0 Å². The average molecular weight is 626 g/mol. The molecule has 0 bridgehead atoms. The zero-order valence-corrected chi connectivity index (χ0v) is 27.4. The zero-order chi connectivity index (χ0) is 32.8. The lowest BCUT2D eigenvalue weighted by molar-refractivity contribution is 0.714. The normalized spacial score (nSPS) is 14.7. The summed E-state index contributed by atoms with van der Waals surface area (Å²) in [6, 6.07) is 70.7. The summed E-state index contributed by atoms with van der Waals surface area (Å²) in [6.45, 7) is 2.39. The fourth-order valence-corrected chi connectivity index (χ4v) is 7.99. The molecule has 8 aromatic rings. The van der Waals surface area contributed by atoms with Crippen molar-refractivity contribution in [3.8, 4) is 33.4 Å². The van der Waals surface area contributed by atoms with Gasteiger partial charge in [0.15, 0.2) is 0 Å². The number of para-hydroxylation sites is 1. The second-order valence-corrected chi connectivity index (χ2v) is 13.0. The van der Waals surface area contributed by atoms with Gasteiger partial charge in [0.05, 0.1) is 11.4 Å². The highest BCUT2D eigenvalue weighted by Crippen LogP contribution is 2.56. The molecule has 0 heterocycles. The summed E-state index contributed by atoms with van der Waals surface area (Å²) < 4.78 is 0. The molecule has 1 aliphatic carbocycles. The van der Waals surface area contributed by atoms with Crippen molar-refractivity contribution in [2.75, 3.05) is 4.90 Å². The van der Waals surface area contributed by atoms with E-state index in [1.165, 1.54) is 60.8 Å². The summed E-state index contributed by atoms with van der Waals surface area (Å²) in [4.78, 5) is 2.45. The van der Waals surface area contributed by atoms with E-state index in [9.17, 15) is 0 Å². The molecule has 0 fully saturated rings. The smallest absolute Gasteiger partial charge is 0.0540 e. The fourth-order valence-electron chi connectivity index (χ4n) is 7.99. The first-order valence-corrected chi connectivity index (χ1v) is 17.0. The van der Waals surface area contributed by atoms with Crippen molar-refractivity contribution in [1.29, 1.82) is 0 Å². The maximum Gasteiger partial charge on any atom is 0.0540 e. The van der Waals surface area contributed by atoms with Crippen LogP contribution < -0.4 is 4.90 Å². The average Bonchev–Trinajstić information content (AvgIpc) is 3.45. The number of anilines is 3. The van der Waals surface area contributed by atoms with Gasteiger partial charge in [-0.05, 0) is 81.1 Å². The second-order valence-electron chi connectivity index (χ2n) is 13.0. The Balaban J connectivity index is 1.29. The van der Waals surface area contributed by atoms with Crippen LogP contribution in [0.5, 0.6) is 0 Å². The lowest BCUT2D eigenvalue weighted by Crippen LogP contribution is -2.22. The maximum absolute atomic E-state index is 2.45. The molecule has 1 atom stereocenters. The van der Waals surface area contributed by atoms with Crippen LogP contribution in [0.4, 0.5) is 17.1 Å². The Morgan fingerprint density at radius 1 is 0.388 bits per heavy atom. The molecule has 1 aliphatic rings. The van der Waals surface area contributed by atoms with E-state index in [1.54, 1.807) is 0 Å². The van der Waals surface area contributed by atoms with Crippen LogP contribution in [0.3, 0.4) is 0 Å². The highest BCUT2D eigenvalue weighted by atomic mass is 15.1. The van der Waals surface area contributed by atoms with Crippen molar-refractivity contribution >= 4 is 27.8 Å². The van der Waals surface area contributed by atoms with Gasteiger partial charge in [-0.1, -0.05) is 170 Å². The lowest BCUT2D eigenvalue weighted by atomic mass is 9.74. The van der Waals surface area contributed by atoms with Gasteiger partial charge in [0.2, 0.25) is 0 Å². The molecule has 49 heavy (non-hydrogen) atoms. The molecule has 9 rings (SSSR count). The molecule has 1 heteroatoms. The third-order valence-electron chi connectivity index (χ3n) is 10.4. The van der Waals surface area contributed by atoms with E-state index in [2.05, 4.69) is 206 Å². The molecule has 0 spiro atoms. The van der Waals surface area contributed by atoms with Gasteiger partial charge in [-0.3, -0.25) is 0 Å². The Labute approximate surface area is 288 Å². The van der Waals surface area contributed by atoms with Gasteiger partial charge in [-0.25, -0.2) is 0 Å². The lowest BCUT2D eigenvalue weighted by Gasteiger charge is -2.30. The minimum atomic E-state index is -0.263. The van der Waals surface area contributed by atoms with E-state index < -0.39 is 0 Å². The third-order valence-corrected chi connectivity index (χ3v) is 10.4. The summed E-state index contributed by atoms with van der Waals surface area (Å²) in [5, 5.41) is 2.43. The van der Waals surface area contributed by atoms with E-state index in [0.717, 1.165) is 17.1 Å². The van der Waals surface area contributed by atoms with E-state index in [1.807, 2.05) is 0 Å². The quantitative estimate of drug-likeness (QED) is 0.178. The van der Waals surface area contributed by atoms with Crippen LogP contribution in [0.25, 0.3) is 44.2 Å². The van der Waals surface area contributed by atoms with Gasteiger partial charge in [0, 0.05) is 22.1 Å². The highest BCUT2D eigenvalue weighted by Gasteiger charge is 2.41. The number of fused-ring (bicyclic) bond motifs is 4. The molecule has 0 saturated carbocycles. The van der Waals surface area contributed by atoms with Crippen molar-refractivity contribution in [3.63, 3.8) is 0 Å². The minimum Gasteiger partial charge on any atom is -0.309 e. The van der Waals surface area contributed by atoms with Crippen molar-refractivity contribution in [2.24, 2.45) is 0 Å². The van der Waals surface area contributed by atoms with E-state index in [-0.39, 0.29) is 5.41 Å². The number of benzene rings is 8. The SMILES string of the molecule is CC1(c2ccccc2)c2ccccc2-c2c(-c3ccccc3N(c3ccc(-c4ccccc4)cc3)c3cccc4ccccc34)cccc21. The summed E-state index contributed by atoms with van der Waals surface area (Å²) >= 11 is 0. The number of hydrogen-bond donors (Lipinski definition) is 0. The topological polar surface area (TPSA) is 3.24 Å². The Morgan fingerprint density at radius 2 is 0.939 bits per heavy atom. The predicted octanol–water partition coefficient (Wildman–Crippen LogP) is 13.0. The monoisotopic (exact) mass is 625 g/mol. The van der Waals surface area contributed by atoms with Gasteiger partial charge in [0.1, 0.15) is 0 Å². The molecule has 0 aromatic heterocycles. The van der Waals surface area contributed by atoms with Crippen LogP contribution in [0.15, 0.2) is 194 Å². The van der Waals surface area contributed by atoms with Gasteiger partial charge in [-0.15, -0.1) is 0 Å². The van der Waals surface area contributed by atoms with E-state index in [0.29, 0.717) is 0 Å². The number of rotatable bonds is 6. The Kier molecular flexibility index (Phi) is 6.99. The summed E-state index contributed by atoms with van der Waals surface area (Å²) in [6.07, 6.45) is 0. The Hall–Kier alpha value is -6.18. The molecule has 0 N–H and O–H groups in total. The second kappa shape index (κ2) is 11.8. The molecular formula is C48H35N.